The van der Waals surface area contributed by atoms with Crippen LogP contribution in [0.1, 0.15) is 18.0 Å². The molecule has 1 N–H and O–H groups in total. The number of hydrogen-bond acceptors (Lipinski definition) is 5. The van der Waals surface area contributed by atoms with E-state index in [0.717, 1.165) is 30.2 Å². The zero-order valence-electron chi connectivity index (χ0n) is 11.3. The lowest BCUT2D eigenvalue weighted by Crippen LogP contribution is -2.24. The number of anilines is 1. The largest absolute Gasteiger partial charge is 0.354 e. The molecule has 1 unspecified atom stereocenters. The second-order valence-electron chi connectivity index (χ2n) is 4.94. The van der Waals surface area contributed by atoms with Gasteiger partial charge in [0, 0.05) is 25.1 Å². The standard InChI is InChI=1S/C15H14N6/c1-2-8-17-12(5-1)14-19-15-18-9-6-13(21(15)20-14)11-4-3-7-16-10-11/h1-5,7-8,10,13H,6,9H2,(H,18,19,20). The topological polar surface area (TPSA) is 68.5 Å². The van der Waals surface area contributed by atoms with E-state index in [-0.39, 0.29) is 6.04 Å². The maximum Gasteiger partial charge on any atom is 0.222 e. The van der Waals surface area contributed by atoms with E-state index in [4.69, 9.17) is 0 Å². The van der Waals surface area contributed by atoms with Gasteiger partial charge in [-0.1, -0.05) is 12.1 Å². The highest BCUT2D eigenvalue weighted by atomic mass is 15.4. The molecule has 21 heavy (non-hydrogen) atoms. The first-order valence-corrected chi connectivity index (χ1v) is 6.93. The molecule has 0 bridgehead atoms. The molecule has 0 saturated carbocycles. The number of fused-ring (bicyclic) bond motifs is 1. The predicted octanol–water partition coefficient (Wildman–Crippen LogP) is 2.14. The van der Waals surface area contributed by atoms with Crippen molar-refractivity contribution in [3.05, 3.63) is 54.5 Å². The van der Waals surface area contributed by atoms with Crippen LogP contribution in [0.5, 0.6) is 0 Å². The molecule has 4 rings (SSSR count). The Bertz CT molecular complexity index is 737. The van der Waals surface area contributed by atoms with Gasteiger partial charge in [-0.3, -0.25) is 9.97 Å². The smallest absolute Gasteiger partial charge is 0.222 e. The van der Waals surface area contributed by atoms with E-state index >= 15 is 0 Å². The van der Waals surface area contributed by atoms with Gasteiger partial charge in [0.1, 0.15) is 5.69 Å². The third-order valence-corrected chi connectivity index (χ3v) is 3.59. The van der Waals surface area contributed by atoms with Gasteiger partial charge < -0.3 is 5.32 Å². The van der Waals surface area contributed by atoms with Crippen LogP contribution in [0.4, 0.5) is 5.95 Å². The molecular weight excluding hydrogens is 264 g/mol. The summed E-state index contributed by atoms with van der Waals surface area (Å²) in [7, 11) is 0. The number of pyridine rings is 2. The van der Waals surface area contributed by atoms with Crippen LogP contribution < -0.4 is 5.32 Å². The summed E-state index contributed by atoms with van der Waals surface area (Å²) in [6.07, 6.45) is 6.39. The summed E-state index contributed by atoms with van der Waals surface area (Å²) in [5, 5.41) is 7.93. The zero-order valence-corrected chi connectivity index (χ0v) is 11.3. The molecule has 0 fully saturated rings. The molecule has 4 heterocycles. The van der Waals surface area contributed by atoms with Crippen molar-refractivity contribution in [2.24, 2.45) is 0 Å². The molecule has 1 aliphatic rings. The van der Waals surface area contributed by atoms with Crippen LogP contribution in [0, 0.1) is 0 Å². The fourth-order valence-corrected chi connectivity index (χ4v) is 2.59. The lowest BCUT2D eigenvalue weighted by atomic mass is 10.1. The summed E-state index contributed by atoms with van der Waals surface area (Å²) in [4.78, 5) is 13.1. The van der Waals surface area contributed by atoms with Crippen LogP contribution in [0.15, 0.2) is 48.9 Å². The van der Waals surface area contributed by atoms with Gasteiger partial charge >= 0.3 is 0 Å². The summed E-state index contributed by atoms with van der Waals surface area (Å²) in [5.74, 6) is 1.43. The highest BCUT2D eigenvalue weighted by Crippen LogP contribution is 2.29. The third kappa shape index (κ3) is 2.14. The van der Waals surface area contributed by atoms with Gasteiger partial charge in [-0.05, 0) is 30.2 Å². The van der Waals surface area contributed by atoms with E-state index in [0.29, 0.717) is 5.82 Å². The van der Waals surface area contributed by atoms with Crippen molar-refractivity contribution in [1.29, 1.82) is 0 Å². The summed E-state index contributed by atoms with van der Waals surface area (Å²) in [5.41, 5.74) is 1.93. The lowest BCUT2D eigenvalue weighted by molar-refractivity contribution is 0.480. The predicted molar refractivity (Wildman–Crippen MR) is 78.7 cm³/mol. The van der Waals surface area contributed by atoms with Crippen molar-refractivity contribution >= 4 is 5.95 Å². The molecule has 104 valence electrons. The van der Waals surface area contributed by atoms with Crippen LogP contribution in [0.25, 0.3) is 11.5 Å². The molecule has 0 radical (unpaired) electrons. The molecule has 0 amide bonds. The molecule has 3 aromatic rings. The van der Waals surface area contributed by atoms with Crippen LogP contribution in [0.3, 0.4) is 0 Å². The molecule has 6 nitrogen and oxygen atoms in total. The molecule has 0 saturated heterocycles. The lowest BCUT2D eigenvalue weighted by Gasteiger charge is -2.24. The van der Waals surface area contributed by atoms with Crippen molar-refractivity contribution < 1.29 is 0 Å². The van der Waals surface area contributed by atoms with Crippen molar-refractivity contribution in [3.63, 3.8) is 0 Å². The van der Waals surface area contributed by atoms with Crippen LogP contribution >= 0.6 is 0 Å². The molecule has 0 aliphatic carbocycles. The van der Waals surface area contributed by atoms with E-state index in [1.807, 2.05) is 35.1 Å². The third-order valence-electron chi connectivity index (χ3n) is 3.59. The monoisotopic (exact) mass is 278 g/mol. The average molecular weight is 278 g/mol. The summed E-state index contributed by atoms with van der Waals surface area (Å²) >= 11 is 0. The van der Waals surface area contributed by atoms with Crippen molar-refractivity contribution in [2.45, 2.75) is 12.5 Å². The Morgan fingerprint density at radius 2 is 2.14 bits per heavy atom. The normalized spacial score (nSPS) is 17.0. The maximum absolute atomic E-state index is 4.63. The van der Waals surface area contributed by atoms with E-state index in [2.05, 4.69) is 31.4 Å². The summed E-state index contributed by atoms with van der Waals surface area (Å²) in [6.45, 7) is 0.875. The van der Waals surface area contributed by atoms with Crippen molar-refractivity contribution in [1.82, 2.24) is 24.7 Å². The zero-order chi connectivity index (χ0) is 14.1. The second-order valence-corrected chi connectivity index (χ2v) is 4.94. The summed E-state index contributed by atoms with van der Waals surface area (Å²) in [6, 6.07) is 9.94. The molecule has 1 aliphatic heterocycles. The van der Waals surface area contributed by atoms with E-state index in [9.17, 15) is 0 Å². The molecule has 3 aromatic heterocycles. The van der Waals surface area contributed by atoms with E-state index in [1.165, 1.54) is 0 Å². The second kappa shape index (κ2) is 4.97. The number of nitrogens with zero attached hydrogens (tertiary/aromatic N) is 5. The fourth-order valence-electron chi connectivity index (χ4n) is 2.59. The van der Waals surface area contributed by atoms with Crippen molar-refractivity contribution in [2.75, 3.05) is 11.9 Å². The van der Waals surface area contributed by atoms with Gasteiger partial charge in [0.25, 0.3) is 0 Å². The van der Waals surface area contributed by atoms with Crippen LogP contribution in [-0.2, 0) is 0 Å². The van der Waals surface area contributed by atoms with Gasteiger partial charge in [0.05, 0.1) is 6.04 Å². The average Bonchev–Trinajstić information content (AvgIpc) is 3.00. The van der Waals surface area contributed by atoms with Gasteiger partial charge in [-0.15, -0.1) is 5.10 Å². The van der Waals surface area contributed by atoms with Gasteiger partial charge in [0.2, 0.25) is 11.8 Å². The Hall–Kier alpha value is -2.76. The molecule has 6 heteroatoms. The number of nitrogens with one attached hydrogen (secondary N) is 1. The van der Waals surface area contributed by atoms with Crippen LogP contribution in [0.2, 0.25) is 0 Å². The minimum absolute atomic E-state index is 0.167. The highest BCUT2D eigenvalue weighted by molar-refractivity contribution is 5.51. The maximum atomic E-state index is 4.63. The SMILES string of the molecule is c1ccc(-c2nc3n(n2)C(c2cccnc2)CCN3)nc1. The Morgan fingerprint density at radius 3 is 2.95 bits per heavy atom. The van der Waals surface area contributed by atoms with E-state index < -0.39 is 0 Å². The number of aromatic nitrogens is 5. The fraction of sp³-hybridized carbons (Fsp3) is 0.200. The minimum atomic E-state index is 0.167. The van der Waals surface area contributed by atoms with Gasteiger partial charge in [-0.2, -0.15) is 4.98 Å². The Labute approximate surface area is 121 Å². The quantitative estimate of drug-likeness (QED) is 0.777. The molecule has 1 atom stereocenters. The first-order valence-electron chi connectivity index (χ1n) is 6.93. The minimum Gasteiger partial charge on any atom is -0.354 e. The molecular formula is C15H14N6. The first kappa shape index (κ1) is 12.0. The van der Waals surface area contributed by atoms with E-state index in [1.54, 1.807) is 12.4 Å². The number of hydrogen-bond donors (Lipinski definition) is 1. The highest BCUT2D eigenvalue weighted by Gasteiger charge is 2.25. The first-order chi connectivity index (χ1) is 10.4. The molecule has 0 spiro atoms. The van der Waals surface area contributed by atoms with Gasteiger partial charge in [0.15, 0.2) is 0 Å². The summed E-state index contributed by atoms with van der Waals surface area (Å²) < 4.78 is 1.94. The Kier molecular flexibility index (Phi) is 2.85. The molecule has 0 aromatic carbocycles. The Morgan fingerprint density at radius 1 is 1.14 bits per heavy atom. The number of rotatable bonds is 2. The van der Waals surface area contributed by atoms with Crippen LogP contribution in [-0.4, -0.2) is 31.3 Å². The Balaban J connectivity index is 1.77. The van der Waals surface area contributed by atoms with Crippen molar-refractivity contribution in [3.8, 4) is 11.5 Å². The van der Waals surface area contributed by atoms with Gasteiger partial charge in [-0.25, -0.2) is 4.68 Å².